The summed E-state index contributed by atoms with van der Waals surface area (Å²) in [6.45, 7) is 12.2. The van der Waals surface area contributed by atoms with E-state index in [-0.39, 0.29) is 0 Å². The molecule has 0 bridgehead atoms. The van der Waals surface area contributed by atoms with Crippen LogP contribution in [0.3, 0.4) is 0 Å². The minimum Gasteiger partial charge on any atom is -0.378 e. The summed E-state index contributed by atoms with van der Waals surface area (Å²) < 4.78 is 5.54. The van der Waals surface area contributed by atoms with Crippen LogP contribution in [0, 0.1) is 5.41 Å². The highest BCUT2D eigenvalue weighted by atomic mass is 32.1. The van der Waals surface area contributed by atoms with Gasteiger partial charge in [0.25, 0.3) is 0 Å². The zero-order chi connectivity index (χ0) is 23.8. The Balaban J connectivity index is 1.49. The predicted molar refractivity (Wildman–Crippen MR) is 142 cm³/mol. The number of thiol groups is 1. The molecule has 0 unspecified atom stereocenters. The SMILES string of the molecule is CCN1CCN(CCC/C=C/c2nc(-c3ccccc3C=N)nc(N3CCOCC3)c2S)CC1. The van der Waals surface area contributed by atoms with Crippen LogP contribution in [0.25, 0.3) is 17.5 Å². The first kappa shape index (κ1) is 24.9. The van der Waals surface area contributed by atoms with Crippen LogP contribution in [0.15, 0.2) is 35.2 Å². The largest absolute Gasteiger partial charge is 0.378 e. The molecule has 0 aliphatic carbocycles. The van der Waals surface area contributed by atoms with Gasteiger partial charge in [-0.1, -0.05) is 37.3 Å². The number of piperazine rings is 1. The lowest BCUT2D eigenvalue weighted by atomic mass is 10.1. The number of morpholine rings is 1. The molecule has 0 radical (unpaired) electrons. The quantitative estimate of drug-likeness (QED) is 0.324. The zero-order valence-corrected chi connectivity index (χ0v) is 21.0. The van der Waals surface area contributed by atoms with E-state index in [0.717, 1.165) is 66.6 Å². The van der Waals surface area contributed by atoms with E-state index in [2.05, 4.69) is 33.8 Å². The van der Waals surface area contributed by atoms with Gasteiger partial charge >= 0.3 is 0 Å². The first-order valence-corrected chi connectivity index (χ1v) is 12.8. The number of ether oxygens (including phenoxy) is 1. The first-order valence-electron chi connectivity index (χ1n) is 12.3. The Bertz CT molecular complexity index is 983. The van der Waals surface area contributed by atoms with Crippen molar-refractivity contribution in [2.24, 2.45) is 0 Å². The van der Waals surface area contributed by atoms with Gasteiger partial charge in [0.2, 0.25) is 0 Å². The van der Waals surface area contributed by atoms with Gasteiger partial charge in [0, 0.05) is 56.6 Å². The zero-order valence-electron chi connectivity index (χ0n) is 20.1. The number of nitrogens with zero attached hydrogens (tertiary/aromatic N) is 5. The van der Waals surface area contributed by atoms with Crippen molar-refractivity contribution in [3.8, 4) is 11.4 Å². The fraction of sp³-hybridized carbons (Fsp3) is 0.500. The molecule has 3 heterocycles. The molecule has 2 saturated heterocycles. The summed E-state index contributed by atoms with van der Waals surface area (Å²) in [5.41, 5.74) is 2.49. The van der Waals surface area contributed by atoms with E-state index >= 15 is 0 Å². The average molecular weight is 481 g/mol. The molecule has 8 heteroatoms. The van der Waals surface area contributed by atoms with Crippen LogP contribution in [-0.4, -0.2) is 91.6 Å². The molecule has 2 aromatic rings. The van der Waals surface area contributed by atoms with Crippen molar-refractivity contribution < 1.29 is 4.74 Å². The number of nitrogens with one attached hydrogen (secondary N) is 1. The summed E-state index contributed by atoms with van der Waals surface area (Å²) in [5, 5.41) is 7.80. The van der Waals surface area contributed by atoms with E-state index in [1.807, 2.05) is 24.3 Å². The molecule has 182 valence electrons. The molecule has 0 saturated carbocycles. The van der Waals surface area contributed by atoms with Crippen LogP contribution < -0.4 is 4.90 Å². The summed E-state index contributed by atoms with van der Waals surface area (Å²) in [6.07, 6.45) is 7.79. The highest BCUT2D eigenvalue weighted by molar-refractivity contribution is 7.80. The van der Waals surface area contributed by atoms with Crippen molar-refractivity contribution >= 4 is 30.7 Å². The Morgan fingerprint density at radius 1 is 1.03 bits per heavy atom. The van der Waals surface area contributed by atoms with Gasteiger partial charge in [0.05, 0.1) is 23.8 Å². The summed E-state index contributed by atoms with van der Waals surface area (Å²) in [4.78, 5) is 17.8. The molecule has 0 amide bonds. The minimum atomic E-state index is 0.631. The second kappa shape index (κ2) is 12.4. The first-order chi connectivity index (χ1) is 16.7. The van der Waals surface area contributed by atoms with Gasteiger partial charge in [0.1, 0.15) is 5.82 Å². The monoisotopic (exact) mass is 480 g/mol. The van der Waals surface area contributed by atoms with Crippen molar-refractivity contribution in [3.05, 3.63) is 41.6 Å². The van der Waals surface area contributed by atoms with Gasteiger partial charge in [-0.25, -0.2) is 9.97 Å². The number of benzene rings is 1. The molecular formula is C26H36N6OS. The molecule has 2 fully saturated rings. The third kappa shape index (κ3) is 6.24. The molecule has 0 spiro atoms. The van der Waals surface area contributed by atoms with Crippen LogP contribution in [0.1, 0.15) is 31.0 Å². The number of rotatable bonds is 9. The molecule has 7 nitrogen and oxygen atoms in total. The number of allylic oxidation sites excluding steroid dienone is 1. The Morgan fingerprint density at radius 3 is 2.50 bits per heavy atom. The van der Waals surface area contributed by atoms with Gasteiger partial charge in [-0.3, -0.25) is 0 Å². The van der Waals surface area contributed by atoms with E-state index < -0.39 is 0 Å². The fourth-order valence-electron chi connectivity index (χ4n) is 4.48. The molecule has 34 heavy (non-hydrogen) atoms. The van der Waals surface area contributed by atoms with E-state index in [0.29, 0.717) is 19.0 Å². The Labute approximate surface area is 208 Å². The van der Waals surface area contributed by atoms with Crippen LogP contribution in [0.5, 0.6) is 0 Å². The van der Waals surface area contributed by atoms with E-state index in [1.54, 1.807) is 0 Å². The lowest BCUT2D eigenvalue weighted by Crippen LogP contribution is -2.46. The fourth-order valence-corrected chi connectivity index (χ4v) is 4.79. The second-order valence-electron chi connectivity index (χ2n) is 8.76. The third-order valence-electron chi connectivity index (χ3n) is 6.59. The summed E-state index contributed by atoms with van der Waals surface area (Å²) in [5.74, 6) is 1.47. The molecule has 0 atom stereocenters. The minimum absolute atomic E-state index is 0.631. The van der Waals surface area contributed by atoms with Gasteiger partial charge in [-0.15, -0.1) is 12.6 Å². The van der Waals surface area contributed by atoms with Crippen molar-refractivity contribution in [2.75, 3.05) is 70.5 Å². The molecule has 1 aromatic carbocycles. The second-order valence-corrected chi connectivity index (χ2v) is 9.20. The van der Waals surface area contributed by atoms with Crippen LogP contribution in [0.2, 0.25) is 0 Å². The smallest absolute Gasteiger partial charge is 0.162 e. The highest BCUT2D eigenvalue weighted by Crippen LogP contribution is 2.30. The van der Waals surface area contributed by atoms with Gasteiger partial charge in [-0.2, -0.15) is 0 Å². The number of hydrogen-bond acceptors (Lipinski definition) is 8. The number of likely N-dealkylation sites (N-methyl/N-ethyl adjacent to an activating group) is 1. The van der Waals surface area contributed by atoms with E-state index in [1.165, 1.54) is 32.4 Å². The van der Waals surface area contributed by atoms with Gasteiger partial charge in [-0.05, 0) is 32.0 Å². The molecule has 2 aliphatic rings. The van der Waals surface area contributed by atoms with Crippen LogP contribution in [0.4, 0.5) is 5.82 Å². The van der Waals surface area contributed by atoms with Gasteiger partial charge in [0.15, 0.2) is 5.82 Å². The van der Waals surface area contributed by atoms with Crippen molar-refractivity contribution in [1.82, 2.24) is 19.8 Å². The Kier molecular flexibility index (Phi) is 9.10. The topological polar surface area (TPSA) is 68.6 Å². The van der Waals surface area contributed by atoms with E-state index in [4.69, 9.17) is 32.7 Å². The molecule has 2 aliphatic heterocycles. The lowest BCUT2D eigenvalue weighted by Gasteiger charge is -2.33. The maximum Gasteiger partial charge on any atom is 0.162 e. The molecule has 4 rings (SSSR count). The highest BCUT2D eigenvalue weighted by Gasteiger charge is 2.20. The Hall–Kier alpha value is -2.26. The summed E-state index contributed by atoms with van der Waals surface area (Å²) >= 11 is 4.84. The number of unbranched alkanes of at least 4 members (excludes halogenated alkanes) is 1. The van der Waals surface area contributed by atoms with Crippen molar-refractivity contribution in [3.63, 3.8) is 0 Å². The predicted octanol–water partition coefficient (Wildman–Crippen LogP) is 3.70. The standard InChI is InChI=1S/C26H36N6OS/c1-2-30-12-14-31(15-13-30)11-7-3-4-10-23-24(34)26(32-16-18-33-19-17-32)29-25(28-23)22-9-6-5-8-21(22)20-27/h4-6,8-10,20,27,34H,2-3,7,11-19H2,1H3/b10-4+,27-20?. The number of anilines is 1. The van der Waals surface area contributed by atoms with Gasteiger partial charge < -0.3 is 24.8 Å². The summed E-state index contributed by atoms with van der Waals surface area (Å²) in [7, 11) is 0. The number of aromatic nitrogens is 2. The van der Waals surface area contributed by atoms with Crippen molar-refractivity contribution in [1.29, 1.82) is 5.41 Å². The van der Waals surface area contributed by atoms with Crippen LogP contribution >= 0.6 is 12.6 Å². The molecule has 1 N–H and O–H groups in total. The normalized spacial score (nSPS) is 18.0. The average Bonchev–Trinajstić information content (AvgIpc) is 2.90. The molecular weight excluding hydrogens is 444 g/mol. The third-order valence-corrected chi connectivity index (χ3v) is 7.02. The molecule has 1 aromatic heterocycles. The number of hydrogen-bond donors (Lipinski definition) is 2. The van der Waals surface area contributed by atoms with Crippen molar-refractivity contribution in [2.45, 2.75) is 24.7 Å². The maximum absolute atomic E-state index is 7.80. The van der Waals surface area contributed by atoms with Crippen LogP contribution in [-0.2, 0) is 4.74 Å². The van der Waals surface area contributed by atoms with E-state index in [9.17, 15) is 0 Å². The Morgan fingerprint density at radius 2 is 1.76 bits per heavy atom. The maximum atomic E-state index is 7.80. The lowest BCUT2D eigenvalue weighted by molar-refractivity contribution is 0.122. The summed E-state index contributed by atoms with van der Waals surface area (Å²) in [6, 6.07) is 7.79.